The number of hydrogen-bond acceptors (Lipinski definition) is 5. The first-order valence-electron chi connectivity index (χ1n) is 8.78. The first-order valence-corrected chi connectivity index (χ1v) is 9.93. The fourth-order valence-electron chi connectivity index (χ4n) is 2.60. The molecule has 0 spiro atoms. The average molecular weight is 452 g/mol. The van der Waals surface area contributed by atoms with E-state index in [0.29, 0.717) is 12.1 Å². The maximum absolute atomic E-state index is 14.4. The highest BCUT2D eigenvalue weighted by atomic mass is 32.2. The molecular weight excluding hydrogens is 431 g/mol. The zero-order chi connectivity index (χ0) is 22.7. The third-order valence-corrected chi connectivity index (χ3v) is 5.64. The molecule has 2 atom stereocenters. The van der Waals surface area contributed by atoms with E-state index >= 15 is 0 Å². The van der Waals surface area contributed by atoms with Crippen LogP contribution in [0.25, 0.3) is 0 Å². The van der Waals surface area contributed by atoms with E-state index in [4.69, 9.17) is 0 Å². The van der Waals surface area contributed by atoms with Crippen molar-refractivity contribution in [2.75, 3.05) is 6.54 Å². The van der Waals surface area contributed by atoms with E-state index in [2.05, 4.69) is 14.4 Å². The summed E-state index contributed by atoms with van der Waals surface area (Å²) in [4.78, 5) is 3.82. The fraction of sp³-hybridized carbons (Fsp3) is 0.421. The van der Waals surface area contributed by atoms with Crippen LogP contribution in [-0.4, -0.2) is 32.3 Å². The first kappa shape index (κ1) is 24.3. The van der Waals surface area contributed by atoms with Gasteiger partial charge in [0.2, 0.25) is 0 Å². The molecule has 11 heteroatoms. The molecule has 1 heterocycles. The Kier molecular flexibility index (Phi) is 7.33. The molecule has 0 aliphatic carbocycles. The summed E-state index contributed by atoms with van der Waals surface area (Å²) in [6.45, 7) is 5.07. The van der Waals surface area contributed by atoms with E-state index in [-0.39, 0.29) is 18.5 Å². The Labute approximate surface area is 173 Å². The van der Waals surface area contributed by atoms with Crippen molar-refractivity contribution < 1.29 is 36.3 Å². The molecule has 2 N–H and O–H groups in total. The van der Waals surface area contributed by atoms with Gasteiger partial charge in [0.15, 0.2) is 11.6 Å². The monoisotopic (exact) mass is 452 g/mol. The summed E-state index contributed by atoms with van der Waals surface area (Å²) in [5, 5.41) is 11.2. The van der Waals surface area contributed by atoms with Crippen molar-refractivity contribution in [3.63, 3.8) is 0 Å². The number of nitrogens with zero attached hydrogens (tertiary/aromatic N) is 1. The predicted molar refractivity (Wildman–Crippen MR) is 101 cm³/mol. The molecule has 0 saturated heterocycles. The summed E-state index contributed by atoms with van der Waals surface area (Å²) in [5.41, 5.74) is -2.90. The number of nitrogens with one attached hydrogen (secondary N) is 1. The minimum absolute atomic E-state index is 0.0845. The molecule has 2 unspecified atom stereocenters. The van der Waals surface area contributed by atoms with Gasteiger partial charge in [-0.25, -0.2) is 8.78 Å². The van der Waals surface area contributed by atoms with E-state index in [1.807, 2.05) is 0 Å². The number of aromatic nitrogens is 1. The minimum atomic E-state index is -5.10. The van der Waals surface area contributed by atoms with Crippen LogP contribution in [0, 0.1) is 11.6 Å². The molecule has 30 heavy (non-hydrogen) atoms. The lowest BCUT2D eigenvalue weighted by molar-refractivity contribution is -0.275. The van der Waals surface area contributed by atoms with Crippen LogP contribution in [0.4, 0.5) is 22.0 Å². The second-order valence-electron chi connectivity index (χ2n) is 7.41. The molecule has 0 amide bonds. The van der Waals surface area contributed by atoms with Gasteiger partial charge in [-0.3, -0.25) is 4.98 Å². The van der Waals surface area contributed by atoms with Gasteiger partial charge in [-0.2, -0.15) is 0 Å². The number of ether oxygens (including phenoxy) is 1. The lowest BCUT2D eigenvalue weighted by Crippen LogP contribution is -2.42. The van der Waals surface area contributed by atoms with Gasteiger partial charge in [0, 0.05) is 30.5 Å². The summed E-state index contributed by atoms with van der Waals surface area (Å²) in [6.07, 6.45) is -4.18. The first-order chi connectivity index (χ1) is 13.7. The number of aliphatic hydroxyl groups is 1. The Morgan fingerprint density at radius 2 is 1.80 bits per heavy atom. The molecule has 0 saturated carbocycles. The van der Waals surface area contributed by atoms with Gasteiger partial charge in [0.25, 0.3) is 0 Å². The molecule has 0 bridgehead atoms. The smallest absolute Gasteiger partial charge is 0.573 e. The number of alkyl halides is 3. The maximum Gasteiger partial charge on any atom is 0.573 e. The van der Waals surface area contributed by atoms with Crippen LogP contribution in [0.3, 0.4) is 0 Å². The Balaban J connectivity index is 2.39. The van der Waals surface area contributed by atoms with Crippen LogP contribution < -0.4 is 9.46 Å². The van der Waals surface area contributed by atoms with Crippen LogP contribution >= 0.6 is 0 Å². The molecule has 166 valence electrons. The minimum Gasteiger partial charge on any atom is -0.598 e. The van der Waals surface area contributed by atoms with Gasteiger partial charge in [-0.15, -0.1) is 17.9 Å². The quantitative estimate of drug-likeness (QED) is 0.492. The Hall–Kier alpha value is -1.95. The van der Waals surface area contributed by atoms with Crippen LogP contribution in [0.5, 0.6) is 5.75 Å². The van der Waals surface area contributed by atoms with Gasteiger partial charge < -0.3 is 14.4 Å². The SMILES string of the molecule is CC(C)(C)[S+]([O-])NCCC(O)(c1ccc(OC(F)(F)F)c(F)c1)c1ncccc1F. The largest absolute Gasteiger partial charge is 0.598 e. The van der Waals surface area contributed by atoms with Gasteiger partial charge in [0.05, 0.1) is 0 Å². The summed E-state index contributed by atoms with van der Waals surface area (Å²) in [6, 6.07) is 4.61. The highest BCUT2D eigenvalue weighted by Gasteiger charge is 2.38. The second kappa shape index (κ2) is 9.04. The van der Waals surface area contributed by atoms with Crippen molar-refractivity contribution in [3.05, 3.63) is 59.4 Å². The molecule has 0 fully saturated rings. The van der Waals surface area contributed by atoms with Crippen molar-refractivity contribution in [2.45, 2.75) is 43.9 Å². The number of benzene rings is 1. The van der Waals surface area contributed by atoms with E-state index in [9.17, 15) is 31.6 Å². The second-order valence-corrected chi connectivity index (χ2v) is 9.46. The number of halogens is 5. The summed E-state index contributed by atoms with van der Waals surface area (Å²) in [5.74, 6) is -3.39. The number of rotatable bonds is 7. The predicted octanol–water partition coefficient (Wildman–Crippen LogP) is 3.94. The third-order valence-electron chi connectivity index (χ3n) is 4.06. The van der Waals surface area contributed by atoms with Crippen molar-refractivity contribution in [3.8, 4) is 5.75 Å². The van der Waals surface area contributed by atoms with E-state index in [1.165, 1.54) is 12.3 Å². The molecule has 0 aliphatic heterocycles. The molecule has 0 aliphatic rings. The van der Waals surface area contributed by atoms with Gasteiger partial charge in [0.1, 0.15) is 21.9 Å². The van der Waals surface area contributed by atoms with Crippen LogP contribution in [0.2, 0.25) is 0 Å². The number of hydrogen-bond donors (Lipinski definition) is 2. The molecule has 1 aromatic heterocycles. The van der Waals surface area contributed by atoms with E-state index in [1.54, 1.807) is 20.8 Å². The highest BCUT2D eigenvalue weighted by molar-refractivity contribution is 7.90. The zero-order valence-electron chi connectivity index (χ0n) is 16.4. The maximum atomic E-state index is 14.4. The van der Waals surface area contributed by atoms with Gasteiger partial charge >= 0.3 is 6.36 Å². The van der Waals surface area contributed by atoms with Crippen molar-refractivity contribution in [1.29, 1.82) is 0 Å². The van der Waals surface area contributed by atoms with Crippen molar-refractivity contribution >= 4 is 11.4 Å². The summed E-state index contributed by atoms with van der Waals surface area (Å²) < 4.78 is 83.6. The normalized spacial score (nSPS) is 15.5. The van der Waals surface area contributed by atoms with E-state index in [0.717, 1.165) is 12.1 Å². The van der Waals surface area contributed by atoms with Crippen LogP contribution in [-0.2, 0) is 17.0 Å². The molecule has 0 radical (unpaired) electrons. The number of pyridine rings is 1. The van der Waals surface area contributed by atoms with Crippen LogP contribution in [0.15, 0.2) is 36.5 Å². The van der Waals surface area contributed by atoms with E-state index < -0.39 is 51.2 Å². The molecule has 1 aromatic carbocycles. The van der Waals surface area contributed by atoms with Gasteiger partial charge in [-0.05, 0) is 50.6 Å². The van der Waals surface area contributed by atoms with Crippen molar-refractivity contribution in [1.82, 2.24) is 9.71 Å². The highest BCUT2D eigenvalue weighted by Crippen LogP contribution is 2.36. The topological polar surface area (TPSA) is 77.4 Å². The summed E-state index contributed by atoms with van der Waals surface area (Å²) >= 11 is -1.50. The fourth-order valence-corrected chi connectivity index (χ4v) is 3.32. The van der Waals surface area contributed by atoms with Crippen LogP contribution in [0.1, 0.15) is 38.4 Å². The molecule has 2 rings (SSSR count). The van der Waals surface area contributed by atoms with Crippen molar-refractivity contribution in [2.24, 2.45) is 0 Å². The Morgan fingerprint density at radius 3 is 2.33 bits per heavy atom. The standard InChI is InChI=1S/C19H21F5N2O3S/c1-17(2,3)30(28)26-10-8-18(27,16-13(20)5-4-9-25-16)12-6-7-15(14(21)11-12)29-19(22,23)24/h4-7,9,11,26-27H,8,10H2,1-3H3. The molecular formula is C19H21F5N2O3S. The Bertz CT molecular complexity index is 876. The Morgan fingerprint density at radius 1 is 1.13 bits per heavy atom. The van der Waals surface area contributed by atoms with Gasteiger partial charge in [-0.1, -0.05) is 6.07 Å². The zero-order valence-corrected chi connectivity index (χ0v) is 17.2. The average Bonchev–Trinajstić information content (AvgIpc) is 2.61. The third kappa shape index (κ3) is 6.03. The lowest BCUT2D eigenvalue weighted by atomic mass is 9.86. The molecule has 5 nitrogen and oxygen atoms in total. The lowest BCUT2D eigenvalue weighted by Gasteiger charge is -2.30. The summed E-state index contributed by atoms with van der Waals surface area (Å²) in [7, 11) is 0. The molecule has 2 aromatic rings.